The average Bonchev–Trinajstić information content (AvgIpc) is 3.14. The third-order valence-electron chi connectivity index (χ3n) is 8.08. The van der Waals surface area contributed by atoms with E-state index in [0.29, 0.717) is 23.4 Å². The summed E-state index contributed by atoms with van der Waals surface area (Å²) < 4.78 is 0. The van der Waals surface area contributed by atoms with Crippen LogP contribution in [0.4, 0.5) is 0 Å². The zero-order chi connectivity index (χ0) is 24.9. The molecule has 2 bridgehead atoms. The highest BCUT2D eigenvalue weighted by Gasteiger charge is 2.41. The number of hydrogen-bond acceptors (Lipinski definition) is 5. The first-order valence-electron chi connectivity index (χ1n) is 13.7. The Kier molecular flexibility index (Phi) is 8.05. The van der Waals surface area contributed by atoms with Crippen LogP contribution >= 0.6 is 0 Å². The van der Waals surface area contributed by atoms with Crippen LogP contribution in [0.1, 0.15) is 72.5 Å². The first-order chi connectivity index (χ1) is 17.6. The lowest BCUT2D eigenvalue weighted by Gasteiger charge is -2.53. The van der Waals surface area contributed by atoms with Crippen LogP contribution in [0.25, 0.3) is 0 Å². The molecule has 0 spiro atoms. The second-order valence-electron chi connectivity index (χ2n) is 10.7. The normalized spacial score (nSPS) is 24.6. The molecule has 3 unspecified atom stereocenters. The lowest BCUT2D eigenvalue weighted by Crippen LogP contribution is -2.61. The van der Waals surface area contributed by atoms with Crippen molar-refractivity contribution in [1.29, 1.82) is 0 Å². The quantitative estimate of drug-likeness (QED) is 0.552. The highest BCUT2D eigenvalue weighted by molar-refractivity contribution is 5.93. The zero-order valence-corrected chi connectivity index (χ0v) is 21.3. The average molecular weight is 489 g/mol. The van der Waals surface area contributed by atoms with E-state index in [9.17, 15) is 9.90 Å². The van der Waals surface area contributed by atoms with Crippen molar-refractivity contribution in [2.45, 2.75) is 63.1 Å². The molecule has 3 heterocycles. The number of aromatic hydroxyl groups is 1. The lowest BCUT2D eigenvalue weighted by atomic mass is 9.85. The summed E-state index contributed by atoms with van der Waals surface area (Å²) in [5.41, 5.74) is 6.07. The second-order valence-corrected chi connectivity index (χ2v) is 10.7. The van der Waals surface area contributed by atoms with E-state index in [1.165, 1.54) is 37.7 Å². The van der Waals surface area contributed by atoms with Crippen LogP contribution in [0.15, 0.2) is 61.2 Å². The number of fused-ring (bicyclic) bond motifs is 2. The molecule has 3 saturated heterocycles. The number of rotatable bonds is 7. The summed E-state index contributed by atoms with van der Waals surface area (Å²) in [5.74, 6) is 0.258. The standard InChI is InChI=1S/C30H40N4O2/c1-2-17-32-21-26-10-8-11-27(22-32)34(26)29(25-9-7-12-28(35)20-25)23-13-15-24(16-14-23)30(36)31-33-18-5-3-4-6-19-33/h2,7,9,12-16,20,26-27,29,35H,1,3-6,8,10-11,17-19,21-22H2,(H,31,36). The third kappa shape index (κ3) is 5.66. The molecule has 2 N–H and O–H groups in total. The number of nitrogens with one attached hydrogen (secondary N) is 1. The summed E-state index contributed by atoms with van der Waals surface area (Å²) in [6.07, 6.45) is 10.4. The smallest absolute Gasteiger partial charge is 0.265 e. The molecule has 0 aromatic heterocycles. The largest absolute Gasteiger partial charge is 0.508 e. The van der Waals surface area contributed by atoms with E-state index in [-0.39, 0.29) is 11.9 Å². The van der Waals surface area contributed by atoms with Gasteiger partial charge in [0.1, 0.15) is 5.75 Å². The van der Waals surface area contributed by atoms with Gasteiger partial charge in [-0.25, -0.2) is 5.01 Å². The van der Waals surface area contributed by atoms with Crippen LogP contribution < -0.4 is 5.43 Å². The third-order valence-corrected chi connectivity index (χ3v) is 8.08. The van der Waals surface area contributed by atoms with Crippen molar-refractivity contribution in [3.05, 3.63) is 77.9 Å². The highest BCUT2D eigenvalue weighted by atomic mass is 16.3. The summed E-state index contributed by atoms with van der Waals surface area (Å²) >= 11 is 0. The molecule has 3 atom stereocenters. The van der Waals surface area contributed by atoms with Gasteiger partial charge in [-0.15, -0.1) is 6.58 Å². The fraction of sp³-hybridized carbons (Fsp3) is 0.500. The molecule has 36 heavy (non-hydrogen) atoms. The summed E-state index contributed by atoms with van der Waals surface area (Å²) in [4.78, 5) is 18.2. The molecule has 0 aliphatic carbocycles. The van der Waals surface area contributed by atoms with E-state index in [1.54, 1.807) is 6.07 Å². The number of piperazine rings is 1. The number of amides is 1. The predicted octanol–water partition coefficient (Wildman–Crippen LogP) is 4.73. The Morgan fingerprint density at radius 1 is 0.972 bits per heavy atom. The minimum absolute atomic E-state index is 0.0349. The van der Waals surface area contributed by atoms with Crippen molar-refractivity contribution in [3.63, 3.8) is 0 Å². The molecule has 2 aromatic carbocycles. The molecule has 2 aromatic rings. The van der Waals surface area contributed by atoms with Gasteiger partial charge in [-0.3, -0.25) is 20.0 Å². The molecule has 6 heteroatoms. The van der Waals surface area contributed by atoms with Crippen molar-refractivity contribution in [1.82, 2.24) is 20.2 Å². The molecule has 3 aliphatic rings. The first-order valence-corrected chi connectivity index (χ1v) is 13.7. The van der Waals surface area contributed by atoms with Gasteiger partial charge in [-0.05, 0) is 61.1 Å². The van der Waals surface area contributed by atoms with Crippen LogP contribution in [0, 0.1) is 0 Å². The Morgan fingerprint density at radius 3 is 2.31 bits per heavy atom. The molecule has 3 aliphatic heterocycles. The Labute approximate surface area is 215 Å². The minimum atomic E-state index is -0.0349. The van der Waals surface area contributed by atoms with E-state index >= 15 is 0 Å². The highest BCUT2D eigenvalue weighted by Crippen LogP contribution is 2.40. The Morgan fingerprint density at radius 2 is 1.67 bits per heavy atom. The number of piperidine rings is 1. The van der Waals surface area contributed by atoms with E-state index in [2.05, 4.69) is 45.0 Å². The molecule has 3 fully saturated rings. The molecule has 5 rings (SSSR count). The number of hydrazine groups is 1. The number of benzene rings is 2. The van der Waals surface area contributed by atoms with Gasteiger partial charge in [0.15, 0.2) is 0 Å². The van der Waals surface area contributed by atoms with E-state index in [0.717, 1.165) is 51.1 Å². The SMILES string of the molecule is C=CCN1CC2CCCC(C1)N2C(c1ccc(C(=O)NN2CCCCCC2)cc1)c1cccc(O)c1. The topological polar surface area (TPSA) is 59.0 Å². The van der Waals surface area contributed by atoms with Gasteiger partial charge in [0.05, 0.1) is 6.04 Å². The van der Waals surface area contributed by atoms with Crippen molar-refractivity contribution in [2.75, 3.05) is 32.7 Å². The number of hydrogen-bond donors (Lipinski definition) is 2. The van der Waals surface area contributed by atoms with Gasteiger partial charge in [-0.1, -0.05) is 49.6 Å². The van der Waals surface area contributed by atoms with Crippen LogP contribution in [-0.2, 0) is 0 Å². The van der Waals surface area contributed by atoms with Crippen molar-refractivity contribution >= 4 is 5.91 Å². The maximum atomic E-state index is 13.0. The fourth-order valence-corrected chi connectivity index (χ4v) is 6.42. The predicted molar refractivity (Wildman–Crippen MR) is 144 cm³/mol. The van der Waals surface area contributed by atoms with Gasteiger partial charge in [0.25, 0.3) is 5.91 Å². The van der Waals surface area contributed by atoms with E-state index in [4.69, 9.17) is 0 Å². The summed E-state index contributed by atoms with van der Waals surface area (Å²) in [7, 11) is 0. The summed E-state index contributed by atoms with van der Waals surface area (Å²) in [6.45, 7) is 8.79. The van der Waals surface area contributed by atoms with Crippen molar-refractivity contribution < 1.29 is 9.90 Å². The van der Waals surface area contributed by atoms with E-state index in [1.807, 2.05) is 30.3 Å². The number of carbonyl (C=O) groups excluding carboxylic acids is 1. The van der Waals surface area contributed by atoms with Crippen LogP contribution in [0.3, 0.4) is 0 Å². The maximum absolute atomic E-state index is 13.0. The number of phenolic OH excluding ortho intramolecular Hbond substituents is 1. The monoisotopic (exact) mass is 488 g/mol. The number of nitrogens with zero attached hydrogens (tertiary/aromatic N) is 3. The zero-order valence-electron chi connectivity index (χ0n) is 21.3. The van der Waals surface area contributed by atoms with Crippen molar-refractivity contribution in [2.24, 2.45) is 0 Å². The first kappa shape index (κ1) is 25.0. The van der Waals surface area contributed by atoms with Crippen LogP contribution in [0.2, 0.25) is 0 Å². The number of likely N-dealkylation sites (tertiary alicyclic amines) is 1. The van der Waals surface area contributed by atoms with Gasteiger partial charge in [0, 0.05) is 50.4 Å². The van der Waals surface area contributed by atoms with Gasteiger partial charge < -0.3 is 5.11 Å². The Hall–Kier alpha value is -2.67. The molecule has 0 radical (unpaired) electrons. The van der Waals surface area contributed by atoms with Crippen LogP contribution in [0.5, 0.6) is 5.75 Å². The number of phenols is 1. The van der Waals surface area contributed by atoms with Crippen molar-refractivity contribution in [3.8, 4) is 5.75 Å². The molecule has 6 nitrogen and oxygen atoms in total. The second kappa shape index (κ2) is 11.6. The van der Waals surface area contributed by atoms with Crippen LogP contribution in [-0.4, -0.2) is 70.6 Å². The molecule has 0 saturated carbocycles. The number of carbonyl (C=O) groups is 1. The summed E-state index contributed by atoms with van der Waals surface area (Å²) in [5, 5.41) is 12.4. The van der Waals surface area contributed by atoms with E-state index < -0.39 is 0 Å². The molecular weight excluding hydrogens is 448 g/mol. The lowest BCUT2D eigenvalue weighted by molar-refractivity contribution is -0.0250. The molecule has 192 valence electrons. The fourth-order valence-electron chi connectivity index (χ4n) is 6.42. The summed E-state index contributed by atoms with van der Waals surface area (Å²) in [6, 6.07) is 16.8. The minimum Gasteiger partial charge on any atom is -0.508 e. The molecular formula is C30H40N4O2. The maximum Gasteiger partial charge on any atom is 0.265 e. The van der Waals surface area contributed by atoms with Gasteiger partial charge >= 0.3 is 0 Å². The molecule has 1 amide bonds. The Balaban J connectivity index is 1.40. The Bertz CT molecular complexity index is 1020. The van der Waals surface area contributed by atoms with Gasteiger partial charge in [0.2, 0.25) is 0 Å². The van der Waals surface area contributed by atoms with Gasteiger partial charge in [-0.2, -0.15) is 0 Å².